The minimum Gasteiger partial charge on any atom is -0.378 e. The summed E-state index contributed by atoms with van der Waals surface area (Å²) in [6.07, 6.45) is 2.26. The molecule has 26 heavy (non-hydrogen) atoms. The maximum Gasteiger partial charge on any atom is 0.254 e. The van der Waals surface area contributed by atoms with Crippen LogP contribution in [0.3, 0.4) is 0 Å². The number of nitrogens with zero attached hydrogens (tertiary/aromatic N) is 4. The summed E-state index contributed by atoms with van der Waals surface area (Å²) >= 11 is 0. The number of rotatable bonds is 2. The number of halogens is 1. The molecule has 2 aromatic rings. The Morgan fingerprint density at radius 1 is 1.19 bits per heavy atom. The van der Waals surface area contributed by atoms with Crippen molar-refractivity contribution in [2.24, 2.45) is 0 Å². The van der Waals surface area contributed by atoms with Crippen molar-refractivity contribution < 1.29 is 13.9 Å². The Labute approximate surface area is 151 Å². The molecule has 7 heteroatoms. The van der Waals surface area contributed by atoms with E-state index in [0.717, 1.165) is 30.2 Å². The van der Waals surface area contributed by atoms with E-state index in [9.17, 15) is 9.18 Å². The average molecular weight is 356 g/mol. The van der Waals surface area contributed by atoms with Gasteiger partial charge in [-0.25, -0.2) is 14.4 Å². The van der Waals surface area contributed by atoms with Gasteiger partial charge in [0.2, 0.25) is 0 Å². The summed E-state index contributed by atoms with van der Waals surface area (Å²) in [4.78, 5) is 25.6. The van der Waals surface area contributed by atoms with Crippen molar-refractivity contribution in [2.75, 3.05) is 37.7 Å². The molecule has 4 rings (SSSR count). The molecule has 6 nitrogen and oxygen atoms in total. The molecule has 2 aliphatic heterocycles. The predicted molar refractivity (Wildman–Crippen MR) is 94.6 cm³/mol. The molecule has 0 atom stereocenters. The van der Waals surface area contributed by atoms with E-state index >= 15 is 0 Å². The number of anilines is 1. The standard InChI is InChI=1S/C19H21FN4O2/c1-13-2-3-14(10-16(13)20)19(25)24-5-4-15-17(11-24)21-12-22-18(15)23-6-8-26-9-7-23/h2-3,10,12H,4-9,11H2,1H3. The third-order valence-corrected chi connectivity index (χ3v) is 5.00. The molecule has 136 valence electrons. The lowest BCUT2D eigenvalue weighted by Gasteiger charge is -2.33. The summed E-state index contributed by atoms with van der Waals surface area (Å²) in [5.74, 6) is 0.429. The summed E-state index contributed by atoms with van der Waals surface area (Å²) in [7, 11) is 0. The molecule has 3 heterocycles. The first kappa shape index (κ1) is 16.9. The Balaban J connectivity index is 1.56. The summed E-state index contributed by atoms with van der Waals surface area (Å²) in [6.45, 7) is 5.70. The molecule has 0 unspecified atom stereocenters. The Hall–Kier alpha value is -2.54. The molecular weight excluding hydrogens is 335 g/mol. The van der Waals surface area contributed by atoms with Crippen LogP contribution in [-0.2, 0) is 17.7 Å². The van der Waals surface area contributed by atoms with Crippen molar-refractivity contribution in [3.05, 3.63) is 52.7 Å². The zero-order valence-corrected chi connectivity index (χ0v) is 14.7. The monoisotopic (exact) mass is 356 g/mol. The zero-order valence-electron chi connectivity index (χ0n) is 14.7. The largest absolute Gasteiger partial charge is 0.378 e. The van der Waals surface area contributed by atoms with Gasteiger partial charge in [-0.3, -0.25) is 4.79 Å². The molecule has 0 N–H and O–H groups in total. The fourth-order valence-electron chi connectivity index (χ4n) is 3.47. The molecule has 1 aromatic carbocycles. The molecule has 0 bridgehead atoms. The molecule has 1 fully saturated rings. The lowest BCUT2D eigenvalue weighted by atomic mass is 10.0. The SMILES string of the molecule is Cc1ccc(C(=O)N2CCc3c(ncnc3N3CCOCC3)C2)cc1F. The first-order chi connectivity index (χ1) is 12.6. The van der Waals surface area contributed by atoms with Crippen molar-refractivity contribution in [1.82, 2.24) is 14.9 Å². The summed E-state index contributed by atoms with van der Waals surface area (Å²) in [6, 6.07) is 4.63. The lowest BCUT2D eigenvalue weighted by molar-refractivity contribution is 0.0731. The number of aromatic nitrogens is 2. The fourth-order valence-corrected chi connectivity index (χ4v) is 3.47. The van der Waals surface area contributed by atoms with E-state index in [1.54, 1.807) is 30.3 Å². The van der Waals surface area contributed by atoms with Gasteiger partial charge < -0.3 is 14.5 Å². The topological polar surface area (TPSA) is 58.6 Å². The van der Waals surface area contributed by atoms with Crippen molar-refractivity contribution in [3.8, 4) is 0 Å². The minimum absolute atomic E-state index is 0.166. The molecule has 2 aliphatic rings. The smallest absolute Gasteiger partial charge is 0.254 e. The number of fused-ring (bicyclic) bond motifs is 1. The minimum atomic E-state index is -0.356. The molecule has 0 radical (unpaired) electrons. The maximum absolute atomic E-state index is 13.8. The third-order valence-electron chi connectivity index (χ3n) is 5.00. The first-order valence-electron chi connectivity index (χ1n) is 8.84. The maximum atomic E-state index is 13.8. The Morgan fingerprint density at radius 2 is 2.00 bits per heavy atom. The second kappa shape index (κ2) is 6.99. The third kappa shape index (κ3) is 3.14. The molecule has 0 aliphatic carbocycles. The van der Waals surface area contributed by atoms with Gasteiger partial charge >= 0.3 is 0 Å². The Morgan fingerprint density at radius 3 is 2.77 bits per heavy atom. The number of carbonyl (C=O) groups is 1. The summed E-state index contributed by atoms with van der Waals surface area (Å²) in [5.41, 5.74) is 2.88. The van der Waals surface area contributed by atoms with Gasteiger partial charge in [0, 0.05) is 30.8 Å². The number of hydrogen-bond acceptors (Lipinski definition) is 5. The Kier molecular flexibility index (Phi) is 4.55. The van der Waals surface area contributed by atoms with Gasteiger partial charge in [-0.15, -0.1) is 0 Å². The number of aryl methyl sites for hydroxylation is 1. The van der Waals surface area contributed by atoms with Crippen LogP contribution in [-0.4, -0.2) is 53.6 Å². The van der Waals surface area contributed by atoms with Gasteiger partial charge in [0.15, 0.2) is 0 Å². The van der Waals surface area contributed by atoms with Crippen molar-refractivity contribution in [2.45, 2.75) is 19.9 Å². The molecular formula is C19H21FN4O2. The molecule has 0 spiro atoms. The predicted octanol–water partition coefficient (Wildman–Crippen LogP) is 1.96. The highest BCUT2D eigenvalue weighted by Crippen LogP contribution is 2.27. The Bertz CT molecular complexity index is 836. The first-order valence-corrected chi connectivity index (χ1v) is 8.84. The van der Waals surface area contributed by atoms with E-state index in [1.165, 1.54) is 6.07 Å². The van der Waals surface area contributed by atoms with Gasteiger partial charge in [0.1, 0.15) is 18.0 Å². The van der Waals surface area contributed by atoms with E-state index < -0.39 is 0 Å². The van der Waals surface area contributed by atoms with E-state index in [1.807, 2.05) is 0 Å². The van der Waals surface area contributed by atoms with E-state index in [4.69, 9.17) is 4.74 Å². The van der Waals surface area contributed by atoms with Crippen LogP contribution in [0.4, 0.5) is 10.2 Å². The highest BCUT2D eigenvalue weighted by atomic mass is 19.1. The van der Waals surface area contributed by atoms with Crippen LogP contribution >= 0.6 is 0 Å². The van der Waals surface area contributed by atoms with E-state index in [0.29, 0.717) is 43.9 Å². The van der Waals surface area contributed by atoms with Crippen molar-refractivity contribution >= 4 is 11.7 Å². The van der Waals surface area contributed by atoms with Crippen LogP contribution < -0.4 is 4.90 Å². The van der Waals surface area contributed by atoms with Crippen LogP contribution in [0.15, 0.2) is 24.5 Å². The zero-order chi connectivity index (χ0) is 18.1. The van der Waals surface area contributed by atoms with E-state index in [-0.39, 0.29) is 11.7 Å². The molecule has 1 amide bonds. The lowest BCUT2D eigenvalue weighted by Crippen LogP contribution is -2.40. The number of amides is 1. The molecule has 1 saturated heterocycles. The van der Waals surface area contributed by atoms with Crippen LogP contribution in [0.25, 0.3) is 0 Å². The second-order valence-corrected chi connectivity index (χ2v) is 6.66. The van der Waals surface area contributed by atoms with Crippen molar-refractivity contribution in [3.63, 3.8) is 0 Å². The molecule has 0 saturated carbocycles. The van der Waals surface area contributed by atoms with Gasteiger partial charge in [-0.05, 0) is 31.0 Å². The number of morpholine rings is 1. The van der Waals surface area contributed by atoms with Gasteiger partial charge in [0.05, 0.1) is 25.5 Å². The van der Waals surface area contributed by atoms with Crippen LogP contribution in [0, 0.1) is 12.7 Å². The van der Waals surface area contributed by atoms with Crippen LogP contribution in [0.2, 0.25) is 0 Å². The van der Waals surface area contributed by atoms with Gasteiger partial charge in [-0.1, -0.05) is 6.07 Å². The van der Waals surface area contributed by atoms with Crippen LogP contribution in [0.1, 0.15) is 27.2 Å². The number of ether oxygens (including phenoxy) is 1. The van der Waals surface area contributed by atoms with Gasteiger partial charge in [-0.2, -0.15) is 0 Å². The van der Waals surface area contributed by atoms with Crippen LogP contribution in [0.5, 0.6) is 0 Å². The highest BCUT2D eigenvalue weighted by Gasteiger charge is 2.27. The van der Waals surface area contributed by atoms with Gasteiger partial charge in [0.25, 0.3) is 5.91 Å². The van der Waals surface area contributed by atoms with E-state index in [2.05, 4.69) is 14.9 Å². The number of carbonyl (C=O) groups excluding carboxylic acids is 1. The second-order valence-electron chi connectivity index (χ2n) is 6.66. The quantitative estimate of drug-likeness (QED) is 0.823. The highest BCUT2D eigenvalue weighted by molar-refractivity contribution is 5.94. The molecule has 1 aromatic heterocycles. The normalized spacial score (nSPS) is 17.2. The number of benzene rings is 1. The number of hydrogen-bond donors (Lipinski definition) is 0. The summed E-state index contributed by atoms with van der Waals surface area (Å²) in [5, 5.41) is 0. The fraction of sp³-hybridized carbons (Fsp3) is 0.421. The van der Waals surface area contributed by atoms with Crippen molar-refractivity contribution in [1.29, 1.82) is 0 Å². The average Bonchev–Trinajstić information content (AvgIpc) is 2.69. The summed E-state index contributed by atoms with van der Waals surface area (Å²) < 4.78 is 19.2.